The highest BCUT2D eigenvalue weighted by molar-refractivity contribution is 6.01. The maximum Gasteiger partial charge on any atom is 0.321 e. The first-order valence-electron chi connectivity index (χ1n) is 8.82. The lowest BCUT2D eigenvalue weighted by Gasteiger charge is -2.18. The molecule has 0 bridgehead atoms. The molecule has 1 atom stereocenters. The molecule has 1 aliphatic rings. The molecule has 1 aliphatic heterocycles. The Bertz CT molecular complexity index is 919. The molecule has 2 aromatic carbocycles. The summed E-state index contributed by atoms with van der Waals surface area (Å²) in [6, 6.07) is 17.7. The van der Waals surface area contributed by atoms with E-state index >= 15 is 0 Å². The fraction of sp³-hybridized carbons (Fsp3) is 0.238. The number of aryl methyl sites for hydroxylation is 1. The number of nitrogens with one attached hydrogen (secondary N) is 1. The van der Waals surface area contributed by atoms with Crippen LogP contribution >= 0.6 is 0 Å². The number of ether oxygens (including phenoxy) is 1. The Morgan fingerprint density at radius 2 is 2.00 bits per heavy atom. The second-order valence-corrected chi connectivity index (χ2v) is 6.61. The number of benzene rings is 2. The maximum absolute atomic E-state index is 12.6. The summed E-state index contributed by atoms with van der Waals surface area (Å²) < 4.78 is 5.90. The molecule has 1 fully saturated rings. The van der Waals surface area contributed by atoms with Gasteiger partial charge in [-0.25, -0.2) is 9.78 Å². The predicted molar refractivity (Wildman–Crippen MR) is 103 cm³/mol. The van der Waals surface area contributed by atoms with Crippen molar-refractivity contribution < 1.29 is 9.53 Å². The average Bonchev–Trinajstić information content (AvgIpc) is 3.13. The second-order valence-electron chi connectivity index (χ2n) is 6.61. The Morgan fingerprint density at radius 1 is 1.15 bits per heavy atom. The van der Waals surface area contributed by atoms with Crippen LogP contribution in [0.25, 0.3) is 10.8 Å². The van der Waals surface area contributed by atoms with Crippen LogP contribution in [0.2, 0.25) is 0 Å². The molecule has 1 unspecified atom stereocenters. The molecule has 1 saturated heterocycles. The van der Waals surface area contributed by atoms with Crippen LogP contribution in [0.4, 0.5) is 10.5 Å². The van der Waals surface area contributed by atoms with Crippen molar-refractivity contribution in [2.45, 2.75) is 19.4 Å². The van der Waals surface area contributed by atoms with E-state index < -0.39 is 0 Å². The Labute approximate surface area is 152 Å². The Hall–Kier alpha value is -3.08. The number of aromatic nitrogens is 1. The molecule has 5 heteroatoms. The Morgan fingerprint density at radius 3 is 2.85 bits per heavy atom. The first kappa shape index (κ1) is 16.4. The number of urea groups is 1. The van der Waals surface area contributed by atoms with Crippen LogP contribution in [0.1, 0.15) is 12.0 Å². The Balaban J connectivity index is 1.40. The van der Waals surface area contributed by atoms with Crippen LogP contribution in [0, 0.1) is 6.92 Å². The van der Waals surface area contributed by atoms with Crippen molar-refractivity contribution in [3.05, 3.63) is 66.4 Å². The molecule has 0 aliphatic carbocycles. The smallest absolute Gasteiger partial charge is 0.321 e. The standard InChI is InChI=1S/C21H21N3O2/c1-15-9-10-20(22-13-15)26-17-11-12-24(14-17)21(25)23-19-8-4-6-16-5-2-3-7-18(16)19/h2-10,13,17H,11-12,14H2,1H3,(H,23,25). The lowest BCUT2D eigenvalue weighted by Crippen LogP contribution is -2.34. The van der Waals surface area contributed by atoms with Gasteiger partial charge in [0.15, 0.2) is 0 Å². The highest BCUT2D eigenvalue weighted by Gasteiger charge is 2.28. The van der Waals surface area contributed by atoms with Crippen LogP contribution in [0.3, 0.4) is 0 Å². The highest BCUT2D eigenvalue weighted by Crippen LogP contribution is 2.24. The van der Waals surface area contributed by atoms with Crippen molar-refractivity contribution in [3.63, 3.8) is 0 Å². The maximum atomic E-state index is 12.6. The van der Waals surface area contributed by atoms with E-state index in [9.17, 15) is 4.79 Å². The van der Waals surface area contributed by atoms with Gasteiger partial charge in [0.1, 0.15) is 6.10 Å². The first-order chi connectivity index (χ1) is 12.7. The van der Waals surface area contributed by atoms with E-state index in [1.807, 2.05) is 61.5 Å². The molecule has 3 aromatic rings. The number of nitrogens with zero attached hydrogens (tertiary/aromatic N) is 2. The van der Waals surface area contributed by atoms with E-state index in [0.717, 1.165) is 28.4 Å². The van der Waals surface area contributed by atoms with Gasteiger partial charge in [-0.15, -0.1) is 0 Å². The monoisotopic (exact) mass is 347 g/mol. The quantitative estimate of drug-likeness (QED) is 0.771. The van der Waals surface area contributed by atoms with Gasteiger partial charge in [-0.2, -0.15) is 0 Å². The topological polar surface area (TPSA) is 54.5 Å². The largest absolute Gasteiger partial charge is 0.472 e. The molecule has 26 heavy (non-hydrogen) atoms. The average molecular weight is 347 g/mol. The van der Waals surface area contributed by atoms with Crippen LogP contribution in [0.5, 0.6) is 5.88 Å². The normalized spacial score (nSPS) is 16.7. The van der Waals surface area contributed by atoms with Gasteiger partial charge in [0.2, 0.25) is 5.88 Å². The number of pyridine rings is 1. The summed E-state index contributed by atoms with van der Waals surface area (Å²) in [4.78, 5) is 18.7. The molecule has 4 rings (SSSR count). The third-order valence-corrected chi connectivity index (χ3v) is 4.64. The number of likely N-dealkylation sites (tertiary alicyclic amines) is 1. The number of fused-ring (bicyclic) bond motifs is 1. The van der Waals surface area contributed by atoms with E-state index in [1.54, 1.807) is 11.1 Å². The lowest BCUT2D eigenvalue weighted by atomic mass is 10.1. The lowest BCUT2D eigenvalue weighted by molar-refractivity contribution is 0.190. The van der Waals surface area contributed by atoms with E-state index in [0.29, 0.717) is 19.0 Å². The fourth-order valence-corrected chi connectivity index (χ4v) is 3.23. The molecule has 5 nitrogen and oxygen atoms in total. The zero-order valence-electron chi connectivity index (χ0n) is 14.7. The second kappa shape index (κ2) is 7.04. The summed E-state index contributed by atoms with van der Waals surface area (Å²) in [7, 11) is 0. The van der Waals surface area contributed by atoms with Gasteiger partial charge in [0.25, 0.3) is 0 Å². The number of hydrogen-bond donors (Lipinski definition) is 1. The molecule has 2 amide bonds. The van der Waals surface area contributed by atoms with Crippen LogP contribution < -0.4 is 10.1 Å². The number of anilines is 1. The summed E-state index contributed by atoms with van der Waals surface area (Å²) in [5.41, 5.74) is 1.93. The minimum absolute atomic E-state index is 0.0246. The summed E-state index contributed by atoms with van der Waals surface area (Å²) in [6.45, 7) is 3.23. The predicted octanol–water partition coefficient (Wildman–Crippen LogP) is 4.23. The number of hydrogen-bond acceptors (Lipinski definition) is 3. The van der Waals surface area contributed by atoms with Crippen molar-refractivity contribution in [2.75, 3.05) is 18.4 Å². The molecule has 1 aromatic heterocycles. The molecule has 1 N–H and O–H groups in total. The molecule has 2 heterocycles. The van der Waals surface area contributed by atoms with Crippen molar-refractivity contribution in [1.29, 1.82) is 0 Å². The highest BCUT2D eigenvalue weighted by atomic mass is 16.5. The summed E-state index contributed by atoms with van der Waals surface area (Å²) >= 11 is 0. The van der Waals surface area contributed by atoms with Gasteiger partial charge in [-0.1, -0.05) is 42.5 Å². The molecule has 0 saturated carbocycles. The number of amides is 2. The fourth-order valence-electron chi connectivity index (χ4n) is 3.23. The summed E-state index contributed by atoms with van der Waals surface area (Å²) in [5, 5.41) is 5.19. The molecule has 0 radical (unpaired) electrons. The van der Waals surface area contributed by atoms with Crippen molar-refractivity contribution in [2.24, 2.45) is 0 Å². The van der Waals surface area contributed by atoms with E-state index in [2.05, 4.69) is 10.3 Å². The molecule has 0 spiro atoms. The van der Waals surface area contributed by atoms with Crippen molar-refractivity contribution >= 4 is 22.5 Å². The SMILES string of the molecule is Cc1ccc(OC2CCN(C(=O)Nc3cccc4ccccc34)C2)nc1. The third-order valence-electron chi connectivity index (χ3n) is 4.64. The Kier molecular flexibility index (Phi) is 4.44. The number of rotatable bonds is 3. The van der Waals surface area contributed by atoms with Gasteiger partial charge in [-0.05, 0) is 23.9 Å². The van der Waals surface area contributed by atoms with Crippen molar-refractivity contribution in [1.82, 2.24) is 9.88 Å². The van der Waals surface area contributed by atoms with Gasteiger partial charge in [0.05, 0.1) is 12.2 Å². The van der Waals surface area contributed by atoms with E-state index in [4.69, 9.17) is 4.74 Å². The minimum atomic E-state index is -0.0932. The zero-order valence-corrected chi connectivity index (χ0v) is 14.7. The molecular formula is C21H21N3O2. The summed E-state index contributed by atoms with van der Waals surface area (Å²) in [6.07, 6.45) is 2.57. The van der Waals surface area contributed by atoms with Gasteiger partial charge in [0, 0.05) is 30.6 Å². The summed E-state index contributed by atoms with van der Waals surface area (Å²) in [5.74, 6) is 0.608. The zero-order chi connectivity index (χ0) is 17.9. The third kappa shape index (κ3) is 3.47. The molecular weight excluding hydrogens is 326 g/mol. The van der Waals surface area contributed by atoms with Gasteiger partial charge < -0.3 is 15.0 Å². The number of carbonyl (C=O) groups is 1. The number of carbonyl (C=O) groups excluding carboxylic acids is 1. The van der Waals surface area contributed by atoms with E-state index in [-0.39, 0.29) is 12.1 Å². The van der Waals surface area contributed by atoms with Crippen LogP contribution in [-0.2, 0) is 0 Å². The van der Waals surface area contributed by atoms with Gasteiger partial charge in [-0.3, -0.25) is 0 Å². The van der Waals surface area contributed by atoms with Crippen LogP contribution in [-0.4, -0.2) is 35.1 Å². The first-order valence-corrected chi connectivity index (χ1v) is 8.82. The van der Waals surface area contributed by atoms with Crippen molar-refractivity contribution in [3.8, 4) is 5.88 Å². The molecule has 132 valence electrons. The van der Waals surface area contributed by atoms with E-state index in [1.165, 1.54) is 0 Å². The van der Waals surface area contributed by atoms with Crippen LogP contribution in [0.15, 0.2) is 60.8 Å². The minimum Gasteiger partial charge on any atom is -0.472 e. The van der Waals surface area contributed by atoms with Gasteiger partial charge >= 0.3 is 6.03 Å².